The van der Waals surface area contributed by atoms with Gasteiger partial charge in [0.1, 0.15) is 11.6 Å². The van der Waals surface area contributed by atoms with Gasteiger partial charge in [0.05, 0.1) is 6.61 Å². The van der Waals surface area contributed by atoms with Gasteiger partial charge in [-0.05, 0) is 44.5 Å². The Morgan fingerprint density at radius 1 is 1.25 bits per heavy atom. The third-order valence-corrected chi connectivity index (χ3v) is 4.63. The first-order valence-electron chi connectivity index (χ1n) is 8.78. The summed E-state index contributed by atoms with van der Waals surface area (Å²) in [6, 6.07) is 12.5. The Hall–Kier alpha value is -2.07. The SMILES string of the molecule is CNc1ncccc1CN1CCCC(COc2ccc(C)cc2)C1. The second-order valence-corrected chi connectivity index (χ2v) is 6.63. The molecule has 0 amide bonds. The Bertz CT molecular complexity index is 642. The maximum atomic E-state index is 5.99. The minimum atomic E-state index is 0.592. The number of ether oxygens (including phenoxy) is 1. The van der Waals surface area contributed by atoms with Crippen LogP contribution in [0.25, 0.3) is 0 Å². The van der Waals surface area contributed by atoms with Gasteiger partial charge in [-0.3, -0.25) is 4.90 Å². The molecule has 1 aromatic heterocycles. The molecule has 1 aromatic carbocycles. The van der Waals surface area contributed by atoms with Crippen LogP contribution in [0.15, 0.2) is 42.6 Å². The van der Waals surface area contributed by atoms with Gasteiger partial charge in [-0.15, -0.1) is 0 Å². The minimum Gasteiger partial charge on any atom is -0.493 e. The number of rotatable bonds is 6. The number of hydrogen-bond donors (Lipinski definition) is 1. The summed E-state index contributed by atoms with van der Waals surface area (Å²) in [7, 11) is 1.93. The zero-order valence-electron chi connectivity index (χ0n) is 14.7. The molecule has 0 bridgehead atoms. The van der Waals surface area contributed by atoms with E-state index < -0.39 is 0 Å². The Morgan fingerprint density at radius 3 is 2.88 bits per heavy atom. The summed E-state index contributed by atoms with van der Waals surface area (Å²) in [5.74, 6) is 2.55. The number of pyridine rings is 1. The van der Waals surface area contributed by atoms with E-state index in [0.29, 0.717) is 5.92 Å². The average molecular weight is 325 g/mol. The highest BCUT2D eigenvalue weighted by Gasteiger charge is 2.21. The van der Waals surface area contributed by atoms with Gasteiger partial charge in [0.15, 0.2) is 0 Å². The largest absolute Gasteiger partial charge is 0.493 e. The van der Waals surface area contributed by atoms with Crippen LogP contribution in [-0.4, -0.2) is 36.6 Å². The second-order valence-electron chi connectivity index (χ2n) is 6.63. The molecule has 0 aliphatic carbocycles. The van der Waals surface area contributed by atoms with E-state index in [4.69, 9.17) is 4.74 Å². The third kappa shape index (κ3) is 4.48. The predicted molar refractivity (Wildman–Crippen MR) is 98.5 cm³/mol. The standard InChI is InChI=1S/C20H27N3O/c1-16-7-9-19(10-8-16)24-15-17-5-4-12-23(13-17)14-18-6-3-11-22-20(18)21-2/h3,6-11,17H,4-5,12-15H2,1-2H3,(H,21,22). The van der Waals surface area contributed by atoms with Crippen LogP contribution in [0.4, 0.5) is 5.82 Å². The lowest BCUT2D eigenvalue weighted by Crippen LogP contribution is -2.37. The summed E-state index contributed by atoms with van der Waals surface area (Å²) in [5.41, 5.74) is 2.53. The predicted octanol–water partition coefficient (Wildman–Crippen LogP) is 3.72. The van der Waals surface area contributed by atoms with Gasteiger partial charge < -0.3 is 10.1 Å². The molecule has 1 aliphatic rings. The first-order valence-corrected chi connectivity index (χ1v) is 8.78. The number of piperidine rings is 1. The lowest BCUT2D eigenvalue weighted by Gasteiger charge is -2.32. The van der Waals surface area contributed by atoms with Gasteiger partial charge in [0, 0.05) is 37.8 Å². The average Bonchev–Trinajstić information content (AvgIpc) is 2.62. The zero-order chi connectivity index (χ0) is 16.8. The summed E-state index contributed by atoms with van der Waals surface area (Å²) >= 11 is 0. The zero-order valence-corrected chi connectivity index (χ0v) is 14.7. The topological polar surface area (TPSA) is 37.4 Å². The van der Waals surface area contributed by atoms with Gasteiger partial charge in [0.2, 0.25) is 0 Å². The molecule has 1 aliphatic heterocycles. The van der Waals surface area contributed by atoms with Crippen molar-refractivity contribution in [1.82, 2.24) is 9.88 Å². The second kappa shape index (κ2) is 8.15. The smallest absolute Gasteiger partial charge is 0.130 e. The molecule has 1 unspecified atom stereocenters. The van der Waals surface area contributed by atoms with Crippen molar-refractivity contribution in [2.75, 3.05) is 32.1 Å². The Labute approximate surface area is 144 Å². The third-order valence-electron chi connectivity index (χ3n) is 4.63. The van der Waals surface area contributed by atoms with Crippen molar-refractivity contribution in [3.8, 4) is 5.75 Å². The Morgan fingerprint density at radius 2 is 2.08 bits per heavy atom. The van der Waals surface area contributed by atoms with E-state index in [1.165, 1.54) is 24.0 Å². The van der Waals surface area contributed by atoms with Gasteiger partial charge in [-0.25, -0.2) is 4.98 Å². The molecule has 2 aromatic rings. The van der Waals surface area contributed by atoms with Crippen LogP contribution in [0, 0.1) is 12.8 Å². The van der Waals surface area contributed by atoms with Crippen molar-refractivity contribution in [2.24, 2.45) is 5.92 Å². The maximum absolute atomic E-state index is 5.99. The lowest BCUT2D eigenvalue weighted by atomic mass is 9.98. The fourth-order valence-corrected chi connectivity index (χ4v) is 3.31. The summed E-state index contributed by atoms with van der Waals surface area (Å²) in [6.45, 7) is 6.08. The molecule has 1 atom stereocenters. The van der Waals surface area contributed by atoms with Crippen molar-refractivity contribution >= 4 is 5.82 Å². The molecule has 4 heteroatoms. The first kappa shape index (κ1) is 16.8. The first-order chi connectivity index (χ1) is 11.7. The Balaban J connectivity index is 1.53. The number of aryl methyl sites for hydroxylation is 1. The molecule has 1 fully saturated rings. The highest BCUT2D eigenvalue weighted by Crippen LogP contribution is 2.22. The van der Waals surface area contributed by atoms with E-state index >= 15 is 0 Å². The van der Waals surface area contributed by atoms with Crippen molar-refractivity contribution in [3.63, 3.8) is 0 Å². The van der Waals surface area contributed by atoms with Crippen LogP contribution < -0.4 is 10.1 Å². The summed E-state index contributed by atoms with van der Waals surface area (Å²) < 4.78 is 5.99. The molecule has 1 N–H and O–H groups in total. The fourth-order valence-electron chi connectivity index (χ4n) is 3.31. The van der Waals surface area contributed by atoms with E-state index in [-0.39, 0.29) is 0 Å². The molecule has 0 spiro atoms. The van der Waals surface area contributed by atoms with Crippen LogP contribution in [0.5, 0.6) is 5.75 Å². The van der Waals surface area contributed by atoms with E-state index in [2.05, 4.69) is 52.5 Å². The number of hydrogen-bond acceptors (Lipinski definition) is 4. The summed E-state index contributed by atoms with van der Waals surface area (Å²) in [4.78, 5) is 6.92. The lowest BCUT2D eigenvalue weighted by molar-refractivity contribution is 0.125. The molecule has 2 heterocycles. The Kier molecular flexibility index (Phi) is 5.70. The molecular weight excluding hydrogens is 298 g/mol. The van der Waals surface area contributed by atoms with Crippen LogP contribution in [0.3, 0.4) is 0 Å². The maximum Gasteiger partial charge on any atom is 0.130 e. The molecule has 0 radical (unpaired) electrons. The molecule has 4 nitrogen and oxygen atoms in total. The van der Waals surface area contributed by atoms with Crippen molar-refractivity contribution in [1.29, 1.82) is 0 Å². The van der Waals surface area contributed by atoms with Gasteiger partial charge in [-0.2, -0.15) is 0 Å². The number of benzene rings is 1. The fraction of sp³-hybridized carbons (Fsp3) is 0.450. The quantitative estimate of drug-likeness (QED) is 0.878. The highest BCUT2D eigenvalue weighted by atomic mass is 16.5. The minimum absolute atomic E-state index is 0.592. The van der Waals surface area contributed by atoms with Crippen molar-refractivity contribution in [3.05, 3.63) is 53.7 Å². The van der Waals surface area contributed by atoms with Crippen LogP contribution >= 0.6 is 0 Å². The summed E-state index contributed by atoms with van der Waals surface area (Å²) in [5, 5.41) is 3.19. The molecular formula is C20H27N3O. The number of anilines is 1. The molecule has 128 valence electrons. The molecule has 0 saturated carbocycles. The van der Waals surface area contributed by atoms with E-state index in [1.807, 2.05) is 19.3 Å². The monoisotopic (exact) mass is 325 g/mol. The van der Waals surface area contributed by atoms with E-state index in [9.17, 15) is 0 Å². The molecule has 24 heavy (non-hydrogen) atoms. The van der Waals surface area contributed by atoms with Gasteiger partial charge in [0.25, 0.3) is 0 Å². The number of aromatic nitrogens is 1. The van der Waals surface area contributed by atoms with Gasteiger partial charge in [-0.1, -0.05) is 23.8 Å². The normalized spacial score (nSPS) is 18.3. The molecule has 1 saturated heterocycles. The highest BCUT2D eigenvalue weighted by molar-refractivity contribution is 5.42. The number of nitrogens with zero attached hydrogens (tertiary/aromatic N) is 2. The van der Waals surface area contributed by atoms with E-state index in [0.717, 1.165) is 37.8 Å². The van der Waals surface area contributed by atoms with Crippen molar-refractivity contribution < 1.29 is 4.74 Å². The number of nitrogens with one attached hydrogen (secondary N) is 1. The van der Waals surface area contributed by atoms with E-state index in [1.54, 1.807) is 0 Å². The molecule has 3 rings (SSSR count). The van der Waals surface area contributed by atoms with Crippen LogP contribution in [-0.2, 0) is 6.54 Å². The van der Waals surface area contributed by atoms with Crippen LogP contribution in [0.1, 0.15) is 24.0 Å². The number of likely N-dealkylation sites (tertiary alicyclic amines) is 1. The van der Waals surface area contributed by atoms with Gasteiger partial charge >= 0.3 is 0 Å². The van der Waals surface area contributed by atoms with Crippen LogP contribution in [0.2, 0.25) is 0 Å². The summed E-state index contributed by atoms with van der Waals surface area (Å²) in [6.07, 6.45) is 4.31. The van der Waals surface area contributed by atoms with Crippen molar-refractivity contribution in [2.45, 2.75) is 26.3 Å².